The first kappa shape index (κ1) is 15.5. The number of benzene rings is 1. The van der Waals surface area contributed by atoms with E-state index in [0.29, 0.717) is 17.9 Å². The van der Waals surface area contributed by atoms with Gasteiger partial charge in [-0.1, -0.05) is 25.1 Å². The van der Waals surface area contributed by atoms with Gasteiger partial charge >= 0.3 is 5.97 Å². The van der Waals surface area contributed by atoms with Crippen LogP contribution in [0.1, 0.15) is 24.7 Å². The maximum Gasteiger partial charge on any atom is 0.310 e. The van der Waals surface area contributed by atoms with Gasteiger partial charge in [-0.05, 0) is 16.8 Å². The number of esters is 1. The third-order valence-electron chi connectivity index (χ3n) is 2.93. The van der Waals surface area contributed by atoms with Gasteiger partial charge in [0.1, 0.15) is 0 Å². The van der Waals surface area contributed by atoms with E-state index in [2.05, 4.69) is 15.5 Å². The SMILES string of the molecule is CCCn1nnnc1COC(=O)Cc1ccccc1[N+](=O)[O-]. The van der Waals surface area contributed by atoms with E-state index in [4.69, 9.17) is 4.74 Å². The number of tetrazole rings is 1. The van der Waals surface area contributed by atoms with Crippen LogP contribution in [0.15, 0.2) is 24.3 Å². The zero-order chi connectivity index (χ0) is 15.9. The fourth-order valence-corrected chi connectivity index (χ4v) is 1.90. The van der Waals surface area contributed by atoms with Crippen molar-refractivity contribution in [1.82, 2.24) is 20.2 Å². The van der Waals surface area contributed by atoms with Crippen LogP contribution in [0.5, 0.6) is 0 Å². The van der Waals surface area contributed by atoms with E-state index in [9.17, 15) is 14.9 Å². The molecule has 0 amide bonds. The molecule has 0 aliphatic rings. The molecular weight excluding hydrogens is 290 g/mol. The van der Waals surface area contributed by atoms with Crippen LogP contribution in [0, 0.1) is 10.1 Å². The van der Waals surface area contributed by atoms with Crippen molar-refractivity contribution in [2.75, 3.05) is 0 Å². The van der Waals surface area contributed by atoms with Crippen molar-refractivity contribution in [1.29, 1.82) is 0 Å². The number of aryl methyl sites for hydroxylation is 1. The second kappa shape index (κ2) is 7.25. The molecule has 1 aromatic carbocycles. The Hall–Kier alpha value is -2.84. The van der Waals surface area contributed by atoms with Gasteiger partial charge in [0.2, 0.25) is 0 Å². The van der Waals surface area contributed by atoms with Gasteiger partial charge in [-0.3, -0.25) is 14.9 Å². The van der Waals surface area contributed by atoms with Gasteiger partial charge in [0.05, 0.1) is 11.3 Å². The highest BCUT2D eigenvalue weighted by atomic mass is 16.6. The zero-order valence-electron chi connectivity index (χ0n) is 12.0. The van der Waals surface area contributed by atoms with Gasteiger partial charge in [-0.2, -0.15) is 0 Å². The maximum atomic E-state index is 11.8. The molecule has 22 heavy (non-hydrogen) atoms. The Morgan fingerprint density at radius 2 is 2.18 bits per heavy atom. The number of nitro benzene ring substituents is 1. The minimum atomic E-state index is -0.569. The molecule has 9 nitrogen and oxygen atoms in total. The van der Waals surface area contributed by atoms with Gasteiger partial charge in [-0.25, -0.2) is 4.68 Å². The minimum absolute atomic E-state index is 0.0630. The van der Waals surface area contributed by atoms with Crippen LogP contribution in [-0.4, -0.2) is 31.1 Å². The highest BCUT2D eigenvalue weighted by Gasteiger charge is 2.17. The van der Waals surface area contributed by atoms with Gasteiger partial charge in [0.15, 0.2) is 12.4 Å². The number of nitrogens with zero attached hydrogens (tertiary/aromatic N) is 5. The number of hydrogen-bond acceptors (Lipinski definition) is 7. The molecule has 1 heterocycles. The molecule has 0 saturated heterocycles. The average molecular weight is 305 g/mol. The van der Waals surface area contributed by atoms with Gasteiger partial charge in [0, 0.05) is 18.2 Å². The minimum Gasteiger partial charge on any atom is -0.457 e. The lowest BCUT2D eigenvalue weighted by Gasteiger charge is -2.05. The van der Waals surface area contributed by atoms with Crippen molar-refractivity contribution in [2.24, 2.45) is 0 Å². The Balaban J connectivity index is 1.96. The van der Waals surface area contributed by atoms with Gasteiger partial charge in [0.25, 0.3) is 5.69 Å². The fourth-order valence-electron chi connectivity index (χ4n) is 1.90. The molecule has 2 rings (SSSR count). The molecule has 0 aliphatic heterocycles. The zero-order valence-corrected chi connectivity index (χ0v) is 12.0. The normalized spacial score (nSPS) is 10.4. The second-order valence-corrected chi connectivity index (χ2v) is 4.54. The lowest BCUT2D eigenvalue weighted by molar-refractivity contribution is -0.385. The van der Waals surface area contributed by atoms with Crippen LogP contribution in [-0.2, 0) is 29.1 Å². The summed E-state index contributed by atoms with van der Waals surface area (Å²) in [5.41, 5.74) is 0.209. The summed E-state index contributed by atoms with van der Waals surface area (Å²) < 4.78 is 6.64. The molecule has 0 N–H and O–H groups in total. The monoisotopic (exact) mass is 305 g/mol. The molecule has 116 valence electrons. The molecule has 2 aromatic rings. The number of carbonyl (C=O) groups is 1. The van der Waals surface area contributed by atoms with Crippen molar-refractivity contribution >= 4 is 11.7 Å². The predicted molar refractivity (Wildman–Crippen MR) is 74.7 cm³/mol. The summed E-state index contributed by atoms with van der Waals surface area (Å²) in [4.78, 5) is 22.2. The van der Waals surface area contributed by atoms with E-state index in [1.165, 1.54) is 12.1 Å². The third kappa shape index (κ3) is 3.84. The quantitative estimate of drug-likeness (QED) is 0.430. The molecule has 9 heteroatoms. The number of nitro groups is 1. The Bertz CT molecular complexity index is 670. The van der Waals surface area contributed by atoms with Crippen LogP contribution in [0.3, 0.4) is 0 Å². The number of hydrogen-bond donors (Lipinski definition) is 0. The number of rotatable bonds is 7. The summed E-state index contributed by atoms with van der Waals surface area (Å²) in [6.45, 7) is 2.54. The summed E-state index contributed by atoms with van der Waals surface area (Å²) >= 11 is 0. The Morgan fingerprint density at radius 3 is 2.91 bits per heavy atom. The van der Waals surface area contributed by atoms with Crippen LogP contribution < -0.4 is 0 Å². The van der Waals surface area contributed by atoms with Crippen LogP contribution >= 0.6 is 0 Å². The van der Waals surface area contributed by atoms with E-state index in [1.807, 2.05) is 6.92 Å². The van der Waals surface area contributed by atoms with Gasteiger partial charge in [-0.15, -0.1) is 5.10 Å². The van der Waals surface area contributed by atoms with E-state index in [1.54, 1.807) is 16.8 Å². The first-order valence-corrected chi connectivity index (χ1v) is 6.74. The summed E-state index contributed by atoms with van der Waals surface area (Å²) in [5, 5.41) is 22.0. The maximum absolute atomic E-state index is 11.8. The molecule has 0 aliphatic carbocycles. The first-order valence-electron chi connectivity index (χ1n) is 6.74. The topological polar surface area (TPSA) is 113 Å². The number of ether oxygens (including phenoxy) is 1. The van der Waals surface area contributed by atoms with Crippen molar-refractivity contribution in [3.63, 3.8) is 0 Å². The summed E-state index contributed by atoms with van der Waals surface area (Å²) in [6.07, 6.45) is 0.675. The Kier molecular flexibility index (Phi) is 5.12. The largest absolute Gasteiger partial charge is 0.457 e. The second-order valence-electron chi connectivity index (χ2n) is 4.54. The highest BCUT2D eigenvalue weighted by molar-refractivity contribution is 5.74. The van der Waals surface area contributed by atoms with E-state index in [0.717, 1.165) is 6.42 Å². The number of carbonyl (C=O) groups excluding carboxylic acids is 1. The van der Waals surface area contributed by atoms with Crippen LogP contribution in [0.25, 0.3) is 0 Å². The van der Waals surface area contributed by atoms with E-state index < -0.39 is 10.9 Å². The highest BCUT2D eigenvalue weighted by Crippen LogP contribution is 2.18. The lowest BCUT2D eigenvalue weighted by Crippen LogP contribution is -2.13. The van der Waals surface area contributed by atoms with E-state index >= 15 is 0 Å². The summed E-state index contributed by atoms with van der Waals surface area (Å²) in [7, 11) is 0. The molecular formula is C13H15N5O4. The predicted octanol–water partition coefficient (Wildman–Crippen LogP) is 1.28. The molecule has 1 aromatic heterocycles. The standard InChI is InChI=1S/C13H15N5O4/c1-2-7-17-12(14-15-16-17)9-22-13(19)8-10-5-3-4-6-11(10)18(20)21/h3-6H,2,7-9H2,1H3. The number of para-hydroxylation sites is 1. The van der Waals surface area contributed by atoms with Crippen molar-refractivity contribution in [3.8, 4) is 0 Å². The molecule has 0 bridgehead atoms. The molecule has 0 radical (unpaired) electrons. The van der Waals surface area contributed by atoms with Crippen molar-refractivity contribution in [2.45, 2.75) is 32.9 Å². The van der Waals surface area contributed by atoms with Crippen molar-refractivity contribution in [3.05, 3.63) is 45.8 Å². The third-order valence-corrected chi connectivity index (χ3v) is 2.93. The Morgan fingerprint density at radius 1 is 1.41 bits per heavy atom. The van der Waals surface area contributed by atoms with Crippen molar-refractivity contribution < 1.29 is 14.5 Å². The fraction of sp³-hybridized carbons (Fsp3) is 0.385. The molecule has 0 atom stereocenters. The molecule has 0 unspecified atom stereocenters. The first-order chi connectivity index (χ1) is 10.6. The van der Waals surface area contributed by atoms with Crippen LogP contribution in [0.4, 0.5) is 5.69 Å². The van der Waals surface area contributed by atoms with E-state index in [-0.39, 0.29) is 18.7 Å². The molecule has 0 spiro atoms. The molecule has 0 saturated carbocycles. The molecule has 0 fully saturated rings. The summed E-state index contributed by atoms with van der Waals surface area (Å²) in [6, 6.07) is 6.06. The average Bonchev–Trinajstić information content (AvgIpc) is 2.93. The van der Waals surface area contributed by atoms with Crippen LogP contribution in [0.2, 0.25) is 0 Å². The lowest BCUT2D eigenvalue weighted by atomic mass is 10.1. The Labute approximate surface area is 126 Å². The smallest absolute Gasteiger partial charge is 0.310 e. The number of aromatic nitrogens is 4. The van der Waals surface area contributed by atoms with Gasteiger partial charge < -0.3 is 4.74 Å². The summed E-state index contributed by atoms with van der Waals surface area (Å²) in [5.74, 6) is -0.127.